The van der Waals surface area contributed by atoms with Gasteiger partial charge < -0.3 is 44.0 Å². The first kappa shape index (κ1) is 53.9. The van der Waals surface area contributed by atoms with E-state index in [1.165, 1.54) is 47.6 Å². The Hall–Kier alpha value is -6.38. The maximum Gasteiger partial charge on any atom is 0.350 e. The number of aromatic nitrogens is 1. The van der Waals surface area contributed by atoms with Crippen molar-refractivity contribution >= 4 is 63.1 Å². The molecule has 4 aliphatic rings. The van der Waals surface area contributed by atoms with Gasteiger partial charge in [0, 0.05) is 49.6 Å². The van der Waals surface area contributed by atoms with Crippen molar-refractivity contribution in [3.05, 3.63) is 143 Å². The SMILES string of the molecule is CC(=O)O[C@H]1C(=O)[C@@]2(C)[C@H]([C@H](OC(=O)c3ccccc3)[C@]3(O)C[C@H](OC(=O)[C@H](OC(=O)CCSSc4ccccn4)[C@@H](NC(=O)c4ccccc4)c4ccccc4)C(C)=C1C3(C)C)[C@]1(OC(C)=O)CO[C@@H]1C[C@@H]2O. The van der Waals surface area contributed by atoms with E-state index < -0.39 is 119 Å². The van der Waals surface area contributed by atoms with Crippen molar-refractivity contribution in [2.75, 3.05) is 12.4 Å². The molecular formula is C55H58N2O15S2. The van der Waals surface area contributed by atoms with E-state index in [0.29, 0.717) is 10.6 Å². The molecule has 0 spiro atoms. The lowest BCUT2D eigenvalue weighted by Gasteiger charge is -2.67. The summed E-state index contributed by atoms with van der Waals surface area (Å²) in [6.45, 7) is 7.95. The molecule has 0 radical (unpaired) electrons. The maximum atomic E-state index is 15.8. The van der Waals surface area contributed by atoms with E-state index in [-0.39, 0.29) is 47.5 Å². The molecule has 1 aromatic heterocycles. The molecule has 3 fully saturated rings. The van der Waals surface area contributed by atoms with Crippen LogP contribution in [0.4, 0.5) is 0 Å². The molecule has 4 aromatic rings. The molecule has 2 saturated carbocycles. The van der Waals surface area contributed by atoms with Gasteiger partial charge in [0.2, 0.25) is 6.10 Å². The van der Waals surface area contributed by atoms with Gasteiger partial charge in [-0.05, 0) is 77.7 Å². The number of carbonyl (C=O) groups excluding carboxylic acids is 7. The number of carbonyl (C=O) groups is 7. The molecule has 2 bridgehead atoms. The number of ketones is 1. The third-order valence-corrected chi connectivity index (χ3v) is 17.2. The number of Topliss-reactive ketones (excluding diaryl/α,β-unsaturated/α-hetero) is 1. The van der Waals surface area contributed by atoms with Crippen LogP contribution in [0.2, 0.25) is 0 Å². The topological polar surface area (TPSA) is 240 Å². The van der Waals surface area contributed by atoms with Crippen molar-refractivity contribution in [2.45, 2.75) is 120 Å². The number of rotatable bonds is 16. The summed E-state index contributed by atoms with van der Waals surface area (Å²) in [7, 11) is 2.67. The molecule has 8 rings (SSSR count). The monoisotopic (exact) mass is 1050 g/mol. The number of aliphatic hydroxyl groups excluding tert-OH is 1. The van der Waals surface area contributed by atoms with Gasteiger partial charge in [-0.3, -0.25) is 24.0 Å². The molecule has 74 heavy (non-hydrogen) atoms. The third kappa shape index (κ3) is 10.2. The molecule has 3 aliphatic carbocycles. The van der Waals surface area contributed by atoms with E-state index in [1.54, 1.807) is 105 Å². The van der Waals surface area contributed by atoms with Crippen LogP contribution in [0.1, 0.15) is 93.1 Å². The minimum absolute atomic E-state index is 0.0293. The molecule has 3 N–H and O–H groups in total. The van der Waals surface area contributed by atoms with Gasteiger partial charge in [0.05, 0.1) is 36.0 Å². The van der Waals surface area contributed by atoms with Crippen LogP contribution in [0.5, 0.6) is 0 Å². The number of aliphatic hydroxyl groups is 2. The number of ether oxygens (including phenoxy) is 6. The number of pyridine rings is 1. The molecule has 1 amide bonds. The molecule has 1 saturated heterocycles. The molecule has 3 aromatic carbocycles. The van der Waals surface area contributed by atoms with Crippen LogP contribution in [-0.2, 0) is 52.4 Å². The Bertz CT molecular complexity index is 2800. The highest BCUT2D eigenvalue weighted by Crippen LogP contribution is 2.64. The number of esters is 5. The molecule has 1 aliphatic heterocycles. The lowest BCUT2D eigenvalue weighted by molar-refractivity contribution is -0.346. The zero-order valence-electron chi connectivity index (χ0n) is 41.6. The molecule has 390 valence electrons. The van der Waals surface area contributed by atoms with Crippen molar-refractivity contribution in [2.24, 2.45) is 16.7 Å². The predicted molar refractivity (Wildman–Crippen MR) is 269 cm³/mol. The van der Waals surface area contributed by atoms with Gasteiger partial charge in [-0.1, -0.05) is 97.4 Å². The molecule has 0 unspecified atom stereocenters. The first-order valence-corrected chi connectivity index (χ1v) is 26.5. The van der Waals surface area contributed by atoms with Crippen molar-refractivity contribution < 1.29 is 72.2 Å². The summed E-state index contributed by atoms with van der Waals surface area (Å²) < 4.78 is 37.0. The van der Waals surface area contributed by atoms with E-state index in [1.807, 2.05) is 12.1 Å². The Morgan fingerprint density at radius 3 is 2.07 bits per heavy atom. The second kappa shape index (κ2) is 21.8. The second-order valence-corrected chi connectivity index (χ2v) is 22.1. The smallest absolute Gasteiger partial charge is 0.350 e. The molecule has 17 nitrogen and oxygen atoms in total. The summed E-state index contributed by atoms with van der Waals surface area (Å²) in [4.78, 5) is 104. The van der Waals surface area contributed by atoms with Crippen LogP contribution in [0, 0.1) is 16.7 Å². The fourth-order valence-electron chi connectivity index (χ4n) is 11.1. The highest BCUT2D eigenvalue weighted by Gasteiger charge is 2.78. The zero-order chi connectivity index (χ0) is 53.2. The molecule has 19 heteroatoms. The highest BCUT2D eigenvalue weighted by atomic mass is 33.1. The largest absolute Gasteiger partial charge is 0.455 e. The van der Waals surface area contributed by atoms with Crippen molar-refractivity contribution in [3.63, 3.8) is 0 Å². The first-order valence-electron chi connectivity index (χ1n) is 24.1. The summed E-state index contributed by atoms with van der Waals surface area (Å²) in [6, 6.07) is 28.4. The average Bonchev–Trinajstić information content (AvgIpc) is 3.41. The lowest BCUT2D eigenvalue weighted by Crippen LogP contribution is -2.82. The standard InChI is InChI=1S/C55H58N2O15S2/c1-31-37(69-51(65)45(70-41(61)25-27-73-74-40-24-16-17-26-56-40)43(34-18-10-7-11-19-34)57-49(63)35-20-12-8-13-21-35)29-55(66)48(71-50(64)36-22-14-9-15-23-36)46-53(6,38(60)28-39-54(46,30-67-39)72-33(3)59)47(62)44(68-32(2)58)42(31)52(55,4)5/h7-24,26,37-39,43-46,48,60,66H,25,27-30H2,1-6H3,(H,57,63)/t37-,38-,39+,43-,44+,45+,46-,48-,53+,54-,55+/m0/s1. The van der Waals surface area contributed by atoms with E-state index >= 15 is 9.59 Å². The van der Waals surface area contributed by atoms with Crippen LogP contribution in [0.3, 0.4) is 0 Å². The molecule has 11 atom stereocenters. The van der Waals surface area contributed by atoms with E-state index in [2.05, 4.69) is 10.3 Å². The van der Waals surface area contributed by atoms with Gasteiger partial charge in [-0.15, -0.1) is 0 Å². The van der Waals surface area contributed by atoms with Crippen molar-refractivity contribution in [1.29, 1.82) is 0 Å². The number of nitrogens with zero attached hydrogens (tertiary/aromatic N) is 1. The van der Waals surface area contributed by atoms with Crippen LogP contribution in [0.15, 0.2) is 132 Å². The number of benzene rings is 3. The normalized spacial score (nSPS) is 28.5. The lowest BCUT2D eigenvalue weighted by atomic mass is 9.44. The van der Waals surface area contributed by atoms with E-state index in [9.17, 15) is 34.2 Å². The van der Waals surface area contributed by atoms with Crippen LogP contribution >= 0.6 is 21.6 Å². The summed E-state index contributed by atoms with van der Waals surface area (Å²) in [5.74, 6) is -7.54. The van der Waals surface area contributed by atoms with Gasteiger partial charge in [-0.25, -0.2) is 14.6 Å². The number of nitrogens with one attached hydrogen (secondary N) is 1. The zero-order valence-corrected chi connectivity index (χ0v) is 43.2. The van der Waals surface area contributed by atoms with Crippen LogP contribution < -0.4 is 5.32 Å². The van der Waals surface area contributed by atoms with Crippen molar-refractivity contribution in [3.8, 4) is 0 Å². The summed E-state index contributed by atoms with van der Waals surface area (Å²) in [5, 5.41) is 29.8. The molecule has 2 heterocycles. The number of fused-ring (bicyclic) bond motifs is 5. The quantitative estimate of drug-likeness (QED) is 0.0356. The Kier molecular flexibility index (Phi) is 15.9. The number of hydrogen-bond donors (Lipinski definition) is 3. The van der Waals surface area contributed by atoms with Gasteiger partial charge in [-0.2, -0.15) is 0 Å². The molecular weight excluding hydrogens is 993 g/mol. The Morgan fingerprint density at radius 1 is 0.838 bits per heavy atom. The third-order valence-electron chi connectivity index (χ3n) is 14.9. The minimum atomic E-state index is -2.46. The fourth-order valence-corrected chi connectivity index (χ4v) is 13.0. The highest BCUT2D eigenvalue weighted by molar-refractivity contribution is 8.76. The average molecular weight is 1050 g/mol. The van der Waals surface area contributed by atoms with E-state index in [4.69, 9.17) is 28.4 Å². The summed E-state index contributed by atoms with van der Waals surface area (Å²) in [5.41, 5.74) is -7.34. The van der Waals surface area contributed by atoms with Gasteiger partial charge in [0.1, 0.15) is 35.0 Å². The number of hydrogen-bond acceptors (Lipinski definition) is 18. The van der Waals surface area contributed by atoms with Gasteiger partial charge in [0.15, 0.2) is 17.5 Å². The van der Waals surface area contributed by atoms with Crippen molar-refractivity contribution in [1.82, 2.24) is 10.3 Å². The number of amides is 1. The van der Waals surface area contributed by atoms with Gasteiger partial charge in [0.25, 0.3) is 5.91 Å². The van der Waals surface area contributed by atoms with Crippen LogP contribution in [0.25, 0.3) is 0 Å². The Morgan fingerprint density at radius 2 is 1.47 bits per heavy atom. The Balaban J connectivity index is 1.26. The van der Waals surface area contributed by atoms with Gasteiger partial charge >= 0.3 is 29.8 Å². The first-order chi connectivity index (χ1) is 35.2. The Labute approximate surface area is 435 Å². The summed E-state index contributed by atoms with van der Waals surface area (Å²) >= 11 is 0. The minimum Gasteiger partial charge on any atom is -0.455 e. The van der Waals surface area contributed by atoms with Crippen LogP contribution in [-0.4, -0.2) is 117 Å². The predicted octanol–water partition coefficient (Wildman–Crippen LogP) is 6.51. The summed E-state index contributed by atoms with van der Waals surface area (Å²) in [6.07, 6.45) is -9.23. The maximum absolute atomic E-state index is 15.8. The fraction of sp³-hybridized carbons (Fsp3) is 0.418. The second-order valence-electron chi connectivity index (χ2n) is 19.6. The van der Waals surface area contributed by atoms with E-state index in [0.717, 1.165) is 13.8 Å².